The zero-order valence-electron chi connectivity index (χ0n) is 9.68. The Balaban J connectivity index is 1.99. The van der Waals surface area contributed by atoms with Gasteiger partial charge in [0.1, 0.15) is 12.1 Å². The highest BCUT2D eigenvalue weighted by Crippen LogP contribution is 2.22. The minimum atomic E-state index is 0.828. The summed E-state index contributed by atoms with van der Waals surface area (Å²) in [5.41, 5.74) is 1.18. The van der Waals surface area contributed by atoms with Gasteiger partial charge in [0.25, 0.3) is 0 Å². The first-order valence-corrected chi connectivity index (χ1v) is 6.54. The largest absolute Gasteiger partial charge is 0.370 e. The van der Waals surface area contributed by atoms with E-state index in [0.29, 0.717) is 0 Å². The molecule has 2 heterocycles. The molecule has 17 heavy (non-hydrogen) atoms. The molecule has 0 unspecified atom stereocenters. The van der Waals surface area contributed by atoms with Gasteiger partial charge in [0.15, 0.2) is 5.16 Å². The van der Waals surface area contributed by atoms with Gasteiger partial charge >= 0.3 is 0 Å². The summed E-state index contributed by atoms with van der Waals surface area (Å²) in [4.78, 5) is 8.42. The number of rotatable bonds is 6. The second-order valence-electron chi connectivity index (χ2n) is 3.52. The van der Waals surface area contributed by atoms with Crippen LogP contribution in [0.25, 0.3) is 0 Å². The molecule has 0 atom stereocenters. The quantitative estimate of drug-likeness (QED) is 0.769. The topological polar surface area (TPSA) is 66.5 Å². The van der Waals surface area contributed by atoms with Crippen molar-refractivity contribution in [3.05, 3.63) is 30.2 Å². The third-order valence-electron chi connectivity index (χ3n) is 2.19. The van der Waals surface area contributed by atoms with E-state index in [1.165, 1.54) is 11.9 Å². The van der Waals surface area contributed by atoms with Crippen LogP contribution in [-0.2, 0) is 5.75 Å². The van der Waals surface area contributed by atoms with E-state index in [-0.39, 0.29) is 0 Å². The van der Waals surface area contributed by atoms with Gasteiger partial charge in [0, 0.05) is 24.1 Å². The van der Waals surface area contributed by atoms with Gasteiger partial charge < -0.3 is 5.32 Å². The molecule has 0 aromatic carbocycles. The Morgan fingerprint density at radius 1 is 1.41 bits per heavy atom. The van der Waals surface area contributed by atoms with E-state index >= 15 is 0 Å². The van der Waals surface area contributed by atoms with Crippen LogP contribution in [0.5, 0.6) is 0 Å². The number of pyridine rings is 1. The van der Waals surface area contributed by atoms with Crippen molar-refractivity contribution in [2.75, 3.05) is 11.9 Å². The summed E-state index contributed by atoms with van der Waals surface area (Å²) < 4.78 is 0. The fourth-order valence-electron chi connectivity index (χ4n) is 1.37. The summed E-state index contributed by atoms with van der Waals surface area (Å²) >= 11 is 1.62. The molecular weight excluding hydrogens is 234 g/mol. The first-order valence-electron chi connectivity index (χ1n) is 5.56. The molecule has 0 aliphatic heterocycles. The zero-order chi connectivity index (χ0) is 11.9. The Kier molecular flexibility index (Phi) is 4.37. The summed E-state index contributed by atoms with van der Waals surface area (Å²) in [6.07, 6.45) is 4.41. The molecule has 0 saturated carbocycles. The van der Waals surface area contributed by atoms with Crippen molar-refractivity contribution >= 4 is 17.6 Å². The van der Waals surface area contributed by atoms with Crippen molar-refractivity contribution in [1.82, 2.24) is 20.2 Å². The average molecular weight is 249 g/mol. The second kappa shape index (κ2) is 6.24. The van der Waals surface area contributed by atoms with Gasteiger partial charge in [-0.2, -0.15) is 5.10 Å². The van der Waals surface area contributed by atoms with E-state index < -0.39 is 0 Å². The molecule has 0 aliphatic rings. The number of aromatic amines is 1. The SMILES string of the molecule is CCCNc1ncccc1CSc1ncn[nH]1. The Morgan fingerprint density at radius 2 is 2.35 bits per heavy atom. The van der Waals surface area contributed by atoms with Crippen LogP contribution in [0.15, 0.2) is 29.8 Å². The highest BCUT2D eigenvalue weighted by molar-refractivity contribution is 7.98. The number of hydrogen-bond acceptors (Lipinski definition) is 5. The highest BCUT2D eigenvalue weighted by Gasteiger charge is 2.04. The number of nitrogens with zero attached hydrogens (tertiary/aromatic N) is 3. The van der Waals surface area contributed by atoms with E-state index in [0.717, 1.165) is 29.7 Å². The number of thioether (sulfide) groups is 1. The molecule has 0 aliphatic carbocycles. The van der Waals surface area contributed by atoms with Gasteiger partial charge in [-0.1, -0.05) is 24.8 Å². The molecule has 2 N–H and O–H groups in total. The Bertz CT molecular complexity index is 443. The van der Waals surface area contributed by atoms with Crippen LogP contribution in [0, 0.1) is 0 Å². The van der Waals surface area contributed by atoms with Crippen molar-refractivity contribution < 1.29 is 0 Å². The molecule has 90 valence electrons. The van der Waals surface area contributed by atoms with Gasteiger partial charge in [0.05, 0.1) is 0 Å². The lowest BCUT2D eigenvalue weighted by Crippen LogP contribution is -2.04. The molecule has 0 amide bonds. The lowest BCUT2D eigenvalue weighted by Gasteiger charge is -2.08. The number of anilines is 1. The first-order chi connectivity index (χ1) is 8.40. The second-order valence-corrected chi connectivity index (χ2v) is 4.48. The summed E-state index contributed by atoms with van der Waals surface area (Å²) in [5.74, 6) is 1.79. The van der Waals surface area contributed by atoms with E-state index in [4.69, 9.17) is 0 Å². The smallest absolute Gasteiger partial charge is 0.183 e. The number of nitrogens with one attached hydrogen (secondary N) is 2. The van der Waals surface area contributed by atoms with Gasteiger partial charge in [-0.05, 0) is 12.5 Å². The maximum atomic E-state index is 4.35. The predicted molar refractivity (Wildman–Crippen MR) is 69.0 cm³/mol. The Labute approximate surface area is 104 Å². The van der Waals surface area contributed by atoms with Crippen molar-refractivity contribution in [2.45, 2.75) is 24.3 Å². The Morgan fingerprint density at radius 3 is 3.12 bits per heavy atom. The summed E-state index contributed by atoms with van der Waals surface area (Å²) in [6, 6.07) is 4.03. The molecule has 2 aromatic rings. The van der Waals surface area contributed by atoms with Crippen LogP contribution in [-0.4, -0.2) is 26.7 Å². The number of aromatic nitrogens is 4. The standard InChI is InChI=1S/C11H15N5S/c1-2-5-12-10-9(4-3-6-13-10)7-17-11-14-8-15-16-11/h3-4,6,8H,2,5,7H2,1H3,(H,12,13)(H,14,15,16). The van der Waals surface area contributed by atoms with Crippen LogP contribution in [0.4, 0.5) is 5.82 Å². The monoisotopic (exact) mass is 249 g/mol. The van der Waals surface area contributed by atoms with Crippen LogP contribution in [0.3, 0.4) is 0 Å². The van der Waals surface area contributed by atoms with Gasteiger partial charge in [0.2, 0.25) is 0 Å². The van der Waals surface area contributed by atoms with Crippen LogP contribution in [0.2, 0.25) is 0 Å². The average Bonchev–Trinajstić information content (AvgIpc) is 2.88. The van der Waals surface area contributed by atoms with Gasteiger partial charge in [-0.15, -0.1) is 0 Å². The van der Waals surface area contributed by atoms with Crippen molar-refractivity contribution in [2.24, 2.45) is 0 Å². The molecule has 6 heteroatoms. The van der Waals surface area contributed by atoms with Crippen LogP contribution in [0.1, 0.15) is 18.9 Å². The maximum absolute atomic E-state index is 4.35. The lowest BCUT2D eigenvalue weighted by atomic mass is 10.3. The summed E-state index contributed by atoms with van der Waals surface area (Å²) in [7, 11) is 0. The van der Waals surface area contributed by atoms with Gasteiger partial charge in [-0.25, -0.2) is 9.97 Å². The van der Waals surface area contributed by atoms with Crippen molar-refractivity contribution in [1.29, 1.82) is 0 Å². The minimum Gasteiger partial charge on any atom is -0.370 e. The molecule has 0 spiro atoms. The molecule has 0 fully saturated rings. The van der Waals surface area contributed by atoms with Crippen molar-refractivity contribution in [3.8, 4) is 0 Å². The normalized spacial score (nSPS) is 10.4. The summed E-state index contributed by atoms with van der Waals surface area (Å²) in [5, 5.41) is 10.8. The van der Waals surface area contributed by atoms with E-state index in [1.807, 2.05) is 6.07 Å². The molecule has 0 bridgehead atoms. The van der Waals surface area contributed by atoms with Crippen LogP contribution < -0.4 is 5.32 Å². The molecule has 0 saturated heterocycles. The number of hydrogen-bond donors (Lipinski definition) is 2. The highest BCUT2D eigenvalue weighted by atomic mass is 32.2. The molecule has 2 rings (SSSR count). The first kappa shape index (κ1) is 11.9. The zero-order valence-corrected chi connectivity index (χ0v) is 10.5. The van der Waals surface area contributed by atoms with Crippen LogP contribution >= 0.6 is 11.8 Å². The lowest BCUT2D eigenvalue weighted by molar-refractivity contribution is 0.962. The summed E-state index contributed by atoms with van der Waals surface area (Å²) in [6.45, 7) is 3.08. The Hall–Kier alpha value is -1.56. The fraction of sp³-hybridized carbons (Fsp3) is 0.364. The van der Waals surface area contributed by atoms with Gasteiger partial charge in [-0.3, -0.25) is 5.10 Å². The third-order valence-corrected chi connectivity index (χ3v) is 3.12. The predicted octanol–water partition coefficient (Wildman–Crippen LogP) is 2.31. The molecule has 2 aromatic heterocycles. The van der Waals surface area contributed by atoms with E-state index in [2.05, 4.69) is 38.5 Å². The van der Waals surface area contributed by atoms with E-state index in [9.17, 15) is 0 Å². The molecule has 0 radical (unpaired) electrons. The fourth-order valence-corrected chi connectivity index (χ4v) is 2.13. The number of H-pyrrole nitrogens is 1. The molecule has 5 nitrogen and oxygen atoms in total. The minimum absolute atomic E-state index is 0.828. The van der Waals surface area contributed by atoms with Crippen molar-refractivity contribution in [3.63, 3.8) is 0 Å². The maximum Gasteiger partial charge on any atom is 0.183 e. The van der Waals surface area contributed by atoms with E-state index in [1.54, 1.807) is 18.0 Å². The molecular formula is C11H15N5S. The third kappa shape index (κ3) is 3.45.